The maximum absolute atomic E-state index is 11.9. The van der Waals surface area contributed by atoms with Crippen molar-refractivity contribution in [3.05, 3.63) is 64.1 Å². The summed E-state index contributed by atoms with van der Waals surface area (Å²) in [6.07, 6.45) is 0.0873. The first-order chi connectivity index (χ1) is 12.5. The summed E-state index contributed by atoms with van der Waals surface area (Å²) in [5.74, 6) is -1.12. The molecule has 0 saturated carbocycles. The van der Waals surface area contributed by atoms with E-state index in [1.54, 1.807) is 36.4 Å². The molecule has 8 heteroatoms. The molecular weight excluding hydrogens is 379 g/mol. The molecule has 0 fully saturated rings. The summed E-state index contributed by atoms with van der Waals surface area (Å²) in [6, 6.07) is 13.7. The number of halogens is 2. The van der Waals surface area contributed by atoms with Crippen LogP contribution in [0.4, 0.5) is 0 Å². The van der Waals surface area contributed by atoms with Crippen LogP contribution >= 0.6 is 23.2 Å². The van der Waals surface area contributed by atoms with E-state index in [1.165, 1.54) is 6.07 Å². The zero-order valence-corrected chi connectivity index (χ0v) is 15.1. The molecule has 0 bridgehead atoms. The number of ether oxygens (including phenoxy) is 1. The van der Waals surface area contributed by atoms with Crippen molar-refractivity contribution in [1.29, 1.82) is 0 Å². The molecule has 2 N–H and O–H groups in total. The van der Waals surface area contributed by atoms with Crippen LogP contribution in [-0.2, 0) is 9.59 Å². The zero-order valence-electron chi connectivity index (χ0n) is 13.6. The molecule has 2 aromatic rings. The minimum Gasteiger partial charge on any atom is -0.482 e. The van der Waals surface area contributed by atoms with Crippen LogP contribution in [0.3, 0.4) is 0 Å². The summed E-state index contributed by atoms with van der Waals surface area (Å²) in [5.41, 5.74) is 3.56. The lowest BCUT2D eigenvalue weighted by atomic mass is 10.1. The topological polar surface area (TPSA) is 88.0 Å². The maximum Gasteiger partial charge on any atom is 0.303 e. The third-order valence-electron chi connectivity index (χ3n) is 3.25. The molecular formula is C18H16Cl2N2O4. The van der Waals surface area contributed by atoms with Crippen LogP contribution < -0.4 is 10.2 Å². The lowest BCUT2D eigenvalue weighted by Crippen LogP contribution is -2.26. The molecule has 0 saturated heterocycles. The standard InChI is InChI=1S/C18H16Cl2N2O4/c19-13-6-8-16(14(20)10-13)26-11-17(23)22-21-15(7-9-18(24)25)12-4-2-1-3-5-12/h1-6,8,10H,7,9,11H2,(H,22,23)(H,24,25). The van der Waals surface area contributed by atoms with Crippen LogP contribution in [0.2, 0.25) is 10.0 Å². The second-order valence-corrected chi connectivity index (χ2v) is 6.06. The summed E-state index contributed by atoms with van der Waals surface area (Å²) in [4.78, 5) is 22.7. The molecule has 6 nitrogen and oxygen atoms in total. The van der Waals surface area contributed by atoms with E-state index in [0.29, 0.717) is 21.5 Å². The number of hydrogen-bond acceptors (Lipinski definition) is 4. The van der Waals surface area contributed by atoms with Gasteiger partial charge in [-0.25, -0.2) is 5.43 Å². The van der Waals surface area contributed by atoms with E-state index in [4.69, 9.17) is 33.0 Å². The number of nitrogens with zero attached hydrogens (tertiary/aromatic N) is 1. The highest BCUT2D eigenvalue weighted by Gasteiger charge is 2.09. The van der Waals surface area contributed by atoms with Crippen molar-refractivity contribution in [3.8, 4) is 5.75 Å². The summed E-state index contributed by atoms with van der Waals surface area (Å²) in [5, 5.41) is 13.6. The minimum atomic E-state index is -0.944. The van der Waals surface area contributed by atoms with Gasteiger partial charge in [0.2, 0.25) is 0 Å². The minimum absolute atomic E-state index is 0.0967. The van der Waals surface area contributed by atoms with Gasteiger partial charge >= 0.3 is 5.97 Å². The second-order valence-electron chi connectivity index (χ2n) is 5.22. The fourth-order valence-corrected chi connectivity index (χ4v) is 2.48. The highest BCUT2D eigenvalue weighted by atomic mass is 35.5. The van der Waals surface area contributed by atoms with Gasteiger partial charge in [-0.3, -0.25) is 9.59 Å². The van der Waals surface area contributed by atoms with Gasteiger partial charge in [0.05, 0.1) is 17.2 Å². The third kappa shape index (κ3) is 6.38. The van der Waals surface area contributed by atoms with E-state index in [2.05, 4.69) is 10.5 Å². The normalized spacial score (nSPS) is 11.1. The van der Waals surface area contributed by atoms with Gasteiger partial charge in [-0.1, -0.05) is 53.5 Å². The number of hydrogen-bond donors (Lipinski definition) is 2. The number of carbonyl (C=O) groups is 2. The van der Waals surface area contributed by atoms with Crippen LogP contribution in [0.25, 0.3) is 0 Å². The van der Waals surface area contributed by atoms with Crippen LogP contribution in [0.5, 0.6) is 5.75 Å². The SMILES string of the molecule is O=C(O)CCC(=NNC(=O)COc1ccc(Cl)cc1Cl)c1ccccc1. The van der Waals surface area contributed by atoms with Crippen molar-refractivity contribution < 1.29 is 19.4 Å². The first-order valence-corrected chi connectivity index (χ1v) is 8.42. The van der Waals surface area contributed by atoms with Crippen LogP contribution in [0, 0.1) is 0 Å². The first kappa shape index (κ1) is 19.8. The van der Waals surface area contributed by atoms with Gasteiger partial charge in [-0.2, -0.15) is 5.10 Å². The zero-order chi connectivity index (χ0) is 18.9. The van der Waals surface area contributed by atoms with E-state index in [9.17, 15) is 9.59 Å². The molecule has 136 valence electrons. The quantitative estimate of drug-likeness (QED) is 0.526. The molecule has 2 rings (SSSR count). The Balaban J connectivity index is 1.98. The van der Waals surface area contributed by atoms with E-state index < -0.39 is 11.9 Å². The van der Waals surface area contributed by atoms with Crippen LogP contribution in [0.1, 0.15) is 18.4 Å². The number of carbonyl (C=O) groups excluding carboxylic acids is 1. The summed E-state index contributed by atoms with van der Waals surface area (Å²) >= 11 is 11.8. The lowest BCUT2D eigenvalue weighted by molar-refractivity contribution is -0.136. The monoisotopic (exact) mass is 394 g/mol. The van der Waals surface area contributed by atoms with E-state index in [-0.39, 0.29) is 19.4 Å². The third-order valence-corrected chi connectivity index (χ3v) is 3.78. The predicted octanol–water partition coefficient (Wildman–Crippen LogP) is 3.76. The van der Waals surface area contributed by atoms with Gasteiger partial charge in [0.15, 0.2) is 6.61 Å². The average Bonchev–Trinajstić information content (AvgIpc) is 2.61. The number of carboxylic acid groups (broad SMARTS) is 1. The Bertz CT molecular complexity index is 810. The molecule has 0 unspecified atom stereocenters. The molecule has 0 aromatic heterocycles. The highest BCUT2D eigenvalue weighted by Crippen LogP contribution is 2.27. The molecule has 1 amide bonds. The second kappa shape index (κ2) is 9.79. The molecule has 0 aliphatic carbocycles. The Morgan fingerprint density at radius 1 is 1.08 bits per heavy atom. The summed E-state index contributed by atoms with van der Waals surface area (Å²) < 4.78 is 5.32. The van der Waals surface area contributed by atoms with Crippen molar-refractivity contribution >= 4 is 40.8 Å². The molecule has 0 radical (unpaired) electrons. The first-order valence-electron chi connectivity index (χ1n) is 7.66. The van der Waals surface area contributed by atoms with Crippen molar-refractivity contribution in [3.63, 3.8) is 0 Å². The van der Waals surface area contributed by atoms with Gasteiger partial charge in [0.25, 0.3) is 5.91 Å². The highest BCUT2D eigenvalue weighted by molar-refractivity contribution is 6.35. The Morgan fingerprint density at radius 3 is 2.46 bits per heavy atom. The molecule has 0 atom stereocenters. The Morgan fingerprint density at radius 2 is 1.81 bits per heavy atom. The number of aliphatic carboxylic acids is 1. The Kier molecular flexibility index (Phi) is 7.44. The maximum atomic E-state index is 11.9. The number of hydrazone groups is 1. The van der Waals surface area contributed by atoms with Crippen molar-refractivity contribution in [2.45, 2.75) is 12.8 Å². The smallest absolute Gasteiger partial charge is 0.303 e. The van der Waals surface area contributed by atoms with Crippen molar-refractivity contribution in [2.24, 2.45) is 5.10 Å². The van der Waals surface area contributed by atoms with E-state index >= 15 is 0 Å². The van der Waals surface area contributed by atoms with Gasteiger partial charge in [-0.15, -0.1) is 0 Å². The largest absolute Gasteiger partial charge is 0.482 e. The molecule has 0 aliphatic heterocycles. The number of carboxylic acids is 1. The van der Waals surface area contributed by atoms with Crippen molar-refractivity contribution in [2.75, 3.05) is 6.61 Å². The summed E-state index contributed by atoms with van der Waals surface area (Å²) in [7, 11) is 0. The number of benzene rings is 2. The molecule has 0 spiro atoms. The lowest BCUT2D eigenvalue weighted by Gasteiger charge is -2.09. The van der Waals surface area contributed by atoms with Gasteiger partial charge < -0.3 is 9.84 Å². The number of nitrogens with one attached hydrogen (secondary N) is 1. The molecule has 0 aliphatic rings. The van der Waals surface area contributed by atoms with Gasteiger partial charge in [0.1, 0.15) is 5.75 Å². The molecule has 26 heavy (non-hydrogen) atoms. The molecule has 0 heterocycles. The van der Waals surface area contributed by atoms with Gasteiger partial charge in [-0.05, 0) is 23.8 Å². The predicted molar refractivity (Wildman–Crippen MR) is 99.9 cm³/mol. The summed E-state index contributed by atoms with van der Waals surface area (Å²) in [6.45, 7) is -0.300. The Hall–Kier alpha value is -2.57. The fraction of sp³-hybridized carbons (Fsp3) is 0.167. The number of rotatable bonds is 8. The fourth-order valence-electron chi connectivity index (χ4n) is 2.02. The number of amides is 1. The Labute approximate surface area is 160 Å². The van der Waals surface area contributed by atoms with Crippen LogP contribution in [0.15, 0.2) is 53.6 Å². The average molecular weight is 395 g/mol. The van der Waals surface area contributed by atoms with E-state index in [0.717, 1.165) is 5.56 Å². The molecule has 2 aromatic carbocycles. The van der Waals surface area contributed by atoms with Gasteiger partial charge in [0, 0.05) is 11.4 Å². The van der Waals surface area contributed by atoms with Crippen molar-refractivity contribution in [1.82, 2.24) is 5.43 Å². The van der Waals surface area contributed by atoms with E-state index in [1.807, 2.05) is 6.07 Å². The van der Waals surface area contributed by atoms with Crippen LogP contribution in [-0.4, -0.2) is 29.3 Å².